The van der Waals surface area contributed by atoms with Gasteiger partial charge >= 0.3 is 0 Å². The molecule has 0 aromatic heterocycles. The van der Waals surface area contributed by atoms with Crippen LogP contribution < -0.4 is 10.0 Å². The van der Waals surface area contributed by atoms with Crippen LogP contribution in [0.3, 0.4) is 0 Å². The van der Waals surface area contributed by atoms with Crippen molar-refractivity contribution in [2.24, 2.45) is 0 Å². The van der Waals surface area contributed by atoms with Gasteiger partial charge in [0.05, 0.1) is 18.0 Å². The molecule has 5 nitrogen and oxygen atoms in total. The first-order valence-electron chi connectivity index (χ1n) is 4.62. The molecule has 2 N–H and O–H groups in total. The summed E-state index contributed by atoms with van der Waals surface area (Å²) in [6, 6.07) is 0. The maximum absolute atomic E-state index is 10.8. The topological polar surface area (TPSA) is 67.4 Å². The summed E-state index contributed by atoms with van der Waals surface area (Å²) in [6.07, 6.45) is 1.06. The van der Waals surface area contributed by atoms with Gasteiger partial charge in [-0.1, -0.05) is 0 Å². The van der Waals surface area contributed by atoms with Crippen molar-refractivity contribution in [3.8, 4) is 0 Å². The molecule has 0 aliphatic carbocycles. The smallest absolute Gasteiger partial charge is 0.208 e. The lowest BCUT2D eigenvalue weighted by molar-refractivity contribution is -0.0903. The Balaban J connectivity index is 2.39. The van der Waals surface area contributed by atoms with Crippen molar-refractivity contribution in [1.29, 1.82) is 0 Å². The highest BCUT2D eigenvalue weighted by Crippen LogP contribution is 2.14. The summed E-state index contributed by atoms with van der Waals surface area (Å²) in [5.74, 6) is 0. The van der Waals surface area contributed by atoms with E-state index in [-0.39, 0.29) is 11.7 Å². The Bertz CT molecular complexity index is 287. The van der Waals surface area contributed by atoms with Crippen LogP contribution in [0.5, 0.6) is 0 Å². The van der Waals surface area contributed by atoms with Crippen LogP contribution in [0.25, 0.3) is 0 Å². The summed E-state index contributed by atoms with van der Waals surface area (Å²) >= 11 is 0. The molecule has 1 rings (SSSR count). The molecular formula is C8H18N2O3S. The lowest BCUT2D eigenvalue weighted by Crippen LogP contribution is -2.53. The number of hydrogen-bond donors (Lipinski definition) is 2. The summed E-state index contributed by atoms with van der Waals surface area (Å²) in [7, 11) is -3.12. The van der Waals surface area contributed by atoms with Crippen molar-refractivity contribution in [3.05, 3.63) is 0 Å². The van der Waals surface area contributed by atoms with Crippen molar-refractivity contribution in [1.82, 2.24) is 10.0 Å². The maximum atomic E-state index is 10.8. The molecule has 0 amide bonds. The molecule has 0 aromatic rings. The van der Waals surface area contributed by atoms with Gasteiger partial charge in [-0.05, 0) is 13.8 Å². The normalized spacial score (nSPS) is 27.5. The molecule has 1 aliphatic heterocycles. The molecular weight excluding hydrogens is 204 g/mol. The molecule has 0 spiro atoms. The number of ether oxygens (including phenoxy) is 1. The molecule has 14 heavy (non-hydrogen) atoms. The van der Waals surface area contributed by atoms with Crippen molar-refractivity contribution >= 4 is 10.0 Å². The Morgan fingerprint density at radius 1 is 1.57 bits per heavy atom. The molecule has 1 unspecified atom stereocenters. The minimum Gasteiger partial charge on any atom is -0.368 e. The van der Waals surface area contributed by atoms with E-state index in [4.69, 9.17) is 4.74 Å². The van der Waals surface area contributed by atoms with Crippen LogP contribution in [-0.4, -0.2) is 46.0 Å². The highest BCUT2D eigenvalue weighted by molar-refractivity contribution is 7.88. The van der Waals surface area contributed by atoms with Crippen molar-refractivity contribution < 1.29 is 13.2 Å². The van der Waals surface area contributed by atoms with E-state index in [0.717, 1.165) is 12.8 Å². The highest BCUT2D eigenvalue weighted by atomic mass is 32.2. The average Bonchev–Trinajstić information content (AvgIpc) is 1.98. The lowest BCUT2D eigenvalue weighted by atomic mass is 10.1. The highest BCUT2D eigenvalue weighted by Gasteiger charge is 2.28. The zero-order chi connectivity index (χ0) is 10.8. The van der Waals surface area contributed by atoms with Crippen LogP contribution in [0.15, 0.2) is 0 Å². The number of rotatable bonds is 3. The van der Waals surface area contributed by atoms with Gasteiger partial charge in [-0.15, -0.1) is 0 Å². The molecule has 6 heteroatoms. The van der Waals surface area contributed by atoms with Crippen LogP contribution >= 0.6 is 0 Å². The molecule has 1 fully saturated rings. The van der Waals surface area contributed by atoms with Gasteiger partial charge in [-0.2, -0.15) is 0 Å². The predicted molar refractivity (Wildman–Crippen MR) is 54.7 cm³/mol. The zero-order valence-corrected chi connectivity index (χ0v) is 9.65. The molecule has 0 saturated carbocycles. The quantitative estimate of drug-likeness (QED) is 0.663. The lowest BCUT2D eigenvalue weighted by Gasteiger charge is -2.36. The second-order valence-corrected chi connectivity index (χ2v) is 6.08. The molecule has 0 bridgehead atoms. The van der Waals surface area contributed by atoms with E-state index in [1.807, 2.05) is 13.8 Å². The first-order chi connectivity index (χ1) is 6.29. The van der Waals surface area contributed by atoms with E-state index in [2.05, 4.69) is 10.0 Å². The van der Waals surface area contributed by atoms with E-state index in [9.17, 15) is 8.42 Å². The summed E-state index contributed by atoms with van der Waals surface area (Å²) in [5, 5.41) is 3.20. The van der Waals surface area contributed by atoms with E-state index in [1.165, 1.54) is 0 Å². The number of hydrogen-bond acceptors (Lipinski definition) is 4. The van der Waals surface area contributed by atoms with Crippen LogP contribution in [0.2, 0.25) is 0 Å². The third-order valence-electron chi connectivity index (χ3n) is 1.98. The minimum atomic E-state index is -3.12. The molecule has 1 heterocycles. The van der Waals surface area contributed by atoms with E-state index in [1.54, 1.807) is 0 Å². The standard InChI is InChI=1S/C8H18N2O3S/c1-8(2)6-9-4-7(13-8)5-10-14(3,11)12/h7,9-10H,4-6H2,1-3H3. The first-order valence-corrected chi connectivity index (χ1v) is 6.51. The summed E-state index contributed by atoms with van der Waals surface area (Å²) in [5.41, 5.74) is -0.220. The Labute approximate surface area is 85.3 Å². The van der Waals surface area contributed by atoms with Crippen LogP contribution in [0.1, 0.15) is 13.8 Å². The van der Waals surface area contributed by atoms with Crippen LogP contribution in [0, 0.1) is 0 Å². The molecule has 84 valence electrons. The molecule has 1 atom stereocenters. The Kier molecular flexibility index (Phi) is 3.52. The second kappa shape index (κ2) is 4.14. The monoisotopic (exact) mass is 222 g/mol. The van der Waals surface area contributed by atoms with Gasteiger partial charge in [-0.25, -0.2) is 13.1 Å². The second-order valence-electron chi connectivity index (χ2n) is 4.25. The minimum absolute atomic E-state index is 0.0894. The number of morpholine rings is 1. The Hall–Kier alpha value is -0.170. The van der Waals surface area contributed by atoms with Gasteiger partial charge in [-0.3, -0.25) is 0 Å². The predicted octanol–water partition coefficient (Wildman–Crippen LogP) is -0.697. The fourth-order valence-corrected chi connectivity index (χ4v) is 1.92. The molecule has 0 radical (unpaired) electrons. The average molecular weight is 222 g/mol. The summed E-state index contributed by atoms with van der Waals surface area (Å²) in [4.78, 5) is 0. The van der Waals surface area contributed by atoms with E-state index < -0.39 is 10.0 Å². The van der Waals surface area contributed by atoms with Gasteiger partial charge < -0.3 is 10.1 Å². The van der Waals surface area contributed by atoms with Crippen LogP contribution in [-0.2, 0) is 14.8 Å². The Morgan fingerprint density at radius 3 is 2.71 bits per heavy atom. The first kappa shape index (κ1) is 11.9. The van der Waals surface area contributed by atoms with Crippen molar-refractivity contribution in [2.45, 2.75) is 25.6 Å². The fourth-order valence-electron chi connectivity index (χ4n) is 1.43. The van der Waals surface area contributed by atoms with Gasteiger partial charge in [0, 0.05) is 19.6 Å². The van der Waals surface area contributed by atoms with Crippen LogP contribution in [0.4, 0.5) is 0 Å². The summed E-state index contributed by atoms with van der Waals surface area (Å²) in [6.45, 7) is 5.77. The van der Waals surface area contributed by atoms with Crippen molar-refractivity contribution in [2.75, 3.05) is 25.9 Å². The fraction of sp³-hybridized carbons (Fsp3) is 1.00. The van der Waals surface area contributed by atoms with E-state index in [0.29, 0.717) is 13.1 Å². The number of sulfonamides is 1. The van der Waals surface area contributed by atoms with Gasteiger partial charge in [0.25, 0.3) is 0 Å². The third-order valence-corrected chi connectivity index (χ3v) is 2.67. The SMILES string of the molecule is CC1(C)CNCC(CNS(C)(=O)=O)O1. The molecule has 1 aliphatic rings. The maximum Gasteiger partial charge on any atom is 0.208 e. The molecule has 0 aromatic carbocycles. The van der Waals surface area contributed by atoms with Gasteiger partial charge in [0.15, 0.2) is 0 Å². The zero-order valence-electron chi connectivity index (χ0n) is 8.83. The third kappa shape index (κ3) is 4.36. The summed E-state index contributed by atoms with van der Waals surface area (Å²) < 4.78 is 29.8. The van der Waals surface area contributed by atoms with Crippen molar-refractivity contribution in [3.63, 3.8) is 0 Å². The number of nitrogens with one attached hydrogen (secondary N) is 2. The van der Waals surface area contributed by atoms with Gasteiger partial charge in [0.1, 0.15) is 0 Å². The molecule has 1 saturated heterocycles. The largest absolute Gasteiger partial charge is 0.368 e. The van der Waals surface area contributed by atoms with Gasteiger partial charge in [0.2, 0.25) is 10.0 Å². The Morgan fingerprint density at radius 2 is 2.21 bits per heavy atom. The van der Waals surface area contributed by atoms with E-state index >= 15 is 0 Å².